The second kappa shape index (κ2) is 7.36. The van der Waals surface area contributed by atoms with Crippen molar-refractivity contribution in [1.29, 1.82) is 0 Å². The smallest absolute Gasteiger partial charge is 0.303 e. The molecule has 0 aromatic rings. The van der Waals surface area contributed by atoms with E-state index in [0.29, 0.717) is 12.3 Å². The van der Waals surface area contributed by atoms with Gasteiger partial charge in [0.1, 0.15) is 0 Å². The molecule has 0 radical (unpaired) electrons. The number of carbonyl (C=O) groups is 2. The standard InChI is InChI=1S/C8H16N2O4S/c1-15(14)5-4-10-8(13)6(9)2-3-7(11)12/h6H,2-5,9H2,1H3,(H,10,13)(H,11,12). The lowest BCUT2D eigenvalue weighted by atomic mass is 10.1. The average Bonchev–Trinajstić information content (AvgIpc) is 2.13. The summed E-state index contributed by atoms with van der Waals surface area (Å²) in [4.78, 5) is 21.4. The largest absolute Gasteiger partial charge is 0.481 e. The number of rotatable bonds is 7. The predicted octanol–water partition coefficient (Wildman–Crippen LogP) is -1.33. The molecule has 4 N–H and O–H groups in total. The molecule has 6 nitrogen and oxygen atoms in total. The van der Waals surface area contributed by atoms with Crippen LogP contribution in [-0.4, -0.2) is 45.8 Å². The van der Waals surface area contributed by atoms with E-state index in [2.05, 4.69) is 5.32 Å². The topological polar surface area (TPSA) is 109 Å². The van der Waals surface area contributed by atoms with Gasteiger partial charge in [0.15, 0.2) is 0 Å². The quantitative estimate of drug-likeness (QED) is 0.507. The Morgan fingerprint density at radius 3 is 2.60 bits per heavy atom. The Bertz CT molecular complexity index is 257. The zero-order valence-corrected chi connectivity index (χ0v) is 9.38. The molecule has 2 unspecified atom stereocenters. The number of amides is 1. The van der Waals surface area contributed by atoms with Crippen molar-refractivity contribution in [3.63, 3.8) is 0 Å². The molecule has 0 aliphatic rings. The van der Waals surface area contributed by atoms with Crippen LogP contribution in [0.3, 0.4) is 0 Å². The molecule has 2 atom stereocenters. The molecular formula is C8H16N2O4S. The lowest BCUT2D eigenvalue weighted by Gasteiger charge is -2.10. The summed E-state index contributed by atoms with van der Waals surface area (Å²) in [6.45, 7) is 0.294. The van der Waals surface area contributed by atoms with Gasteiger partial charge in [-0.1, -0.05) is 0 Å². The maximum Gasteiger partial charge on any atom is 0.303 e. The summed E-state index contributed by atoms with van der Waals surface area (Å²) in [6.07, 6.45) is 1.52. The van der Waals surface area contributed by atoms with Gasteiger partial charge in [0.25, 0.3) is 0 Å². The number of carbonyl (C=O) groups excluding carboxylic acids is 1. The summed E-state index contributed by atoms with van der Waals surface area (Å²) < 4.78 is 10.7. The first-order chi connectivity index (χ1) is 6.93. The number of nitrogens with one attached hydrogen (secondary N) is 1. The van der Waals surface area contributed by atoms with E-state index in [1.807, 2.05) is 0 Å². The maximum absolute atomic E-state index is 11.2. The predicted molar refractivity (Wildman–Crippen MR) is 56.8 cm³/mol. The molecular weight excluding hydrogens is 220 g/mol. The van der Waals surface area contributed by atoms with E-state index in [4.69, 9.17) is 10.8 Å². The van der Waals surface area contributed by atoms with Crippen LogP contribution in [0.15, 0.2) is 0 Å². The highest BCUT2D eigenvalue weighted by Crippen LogP contribution is 1.94. The van der Waals surface area contributed by atoms with Crippen LogP contribution in [-0.2, 0) is 20.4 Å². The molecule has 88 valence electrons. The van der Waals surface area contributed by atoms with Crippen molar-refractivity contribution in [3.8, 4) is 0 Å². The van der Waals surface area contributed by atoms with Crippen molar-refractivity contribution >= 4 is 22.7 Å². The molecule has 0 aliphatic carbocycles. The van der Waals surface area contributed by atoms with Crippen molar-refractivity contribution in [2.75, 3.05) is 18.6 Å². The molecule has 0 rings (SSSR count). The van der Waals surface area contributed by atoms with Crippen molar-refractivity contribution < 1.29 is 18.9 Å². The highest BCUT2D eigenvalue weighted by atomic mass is 32.2. The number of aliphatic carboxylic acids is 1. The van der Waals surface area contributed by atoms with Gasteiger partial charge in [-0.15, -0.1) is 0 Å². The Morgan fingerprint density at radius 2 is 2.13 bits per heavy atom. The van der Waals surface area contributed by atoms with Crippen LogP contribution < -0.4 is 11.1 Å². The van der Waals surface area contributed by atoms with Crippen LogP contribution in [0.2, 0.25) is 0 Å². The minimum atomic E-state index is -0.979. The maximum atomic E-state index is 11.2. The van der Waals surface area contributed by atoms with Gasteiger partial charge in [-0.25, -0.2) is 0 Å². The Hall–Kier alpha value is -0.950. The summed E-state index contributed by atoms with van der Waals surface area (Å²) in [5.74, 6) is -1.01. The SMILES string of the molecule is CS(=O)CCNC(=O)C(N)CCC(=O)O. The summed E-state index contributed by atoms with van der Waals surface area (Å²) in [5, 5.41) is 10.9. The van der Waals surface area contributed by atoms with Crippen molar-refractivity contribution in [1.82, 2.24) is 5.32 Å². The Labute approximate surface area is 90.7 Å². The van der Waals surface area contributed by atoms with E-state index in [0.717, 1.165) is 0 Å². The molecule has 0 bridgehead atoms. The molecule has 0 heterocycles. The van der Waals surface area contributed by atoms with Crippen molar-refractivity contribution in [3.05, 3.63) is 0 Å². The molecule has 0 saturated heterocycles. The van der Waals surface area contributed by atoms with Gasteiger partial charge in [0.05, 0.1) is 6.04 Å². The van der Waals surface area contributed by atoms with Gasteiger partial charge in [-0.3, -0.25) is 13.8 Å². The summed E-state index contributed by atoms with van der Waals surface area (Å²) in [6, 6.07) is -0.814. The van der Waals surface area contributed by atoms with Gasteiger partial charge in [0, 0.05) is 35.8 Å². The van der Waals surface area contributed by atoms with Crippen molar-refractivity contribution in [2.45, 2.75) is 18.9 Å². The van der Waals surface area contributed by atoms with Gasteiger partial charge < -0.3 is 16.2 Å². The zero-order chi connectivity index (χ0) is 11.8. The number of hydrogen-bond donors (Lipinski definition) is 3. The third kappa shape index (κ3) is 8.07. The minimum Gasteiger partial charge on any atom is -0.481 e. The first kappa shape index (κ1) is 14.1. The van der Waals surface area contributed by atoms with E-state index in [9.17, 15) is 13.8 Å². The number of hydrogen-bond acceptors (Lipinski definition) is 4. The van der Waals surface area contributed by atoms with E-state index in [-0.39, 0.29) is 12.8 Å². The van der Waals surface area contributed by atoms with Crippen molar-refractivity contribution in [2.24, 2.45) is 5.73 Å². The fourth-order valence-corrected chi connectivity index (χ4v) is 1.25. The van der Waals surface area contributed by atoms with Crippen LogP contribution in [0.1, 0.15) is 12.8 Å². The second-order valence-corrected chi connectivity index (χ2v) is 4.66. The molecule has 0 spiro atoms. The van der Waals surface area contributed by atoms with Crippen LogP contribution in [0.25, 0.3) is 0 Å². The van der Waals surface area contributed by atoms with Crippen LogP contribution in [0, 0.1) is 0 Å². The number of carboxylic acids is 1. The monoisotopic (exact) mass is 236 g/mol. The van der Waals surface area contributed by atoms with Gasteiger partial charge in [-0.2, -0.15) is 0 Å². The molecule has 0 aromatic carbocycles. The molecule has 7 heteroatoms. The number of carboxylic acid groups (broad SMARTS) is 1. The second-order valence-electron chi connectivity index (χ2n) is 3.11. The molecule has 0 aromatic heterocycles. The molecule has 0 saturated carbocycles. The molecule has 0 aliphatic heterocycles. The van der Waals surface area contributed by atoms with E-state index < -0.39 is 28.7 Å². The van der Waals surface area contributed by atoms with Gasteiger partial charge in [-0.05, 0) is 6.42 Å². The molecule has 1 amide bonds. The van der Waals surface area contributed by atoms with E-state index in [1.165, 1.54) is 6.26 Å². The summed E-state index contributed by atoms with van der Waals surface area (Å²) >= 11 is 0. The highest BCUT2D eigenvalue weighted by Gasteiger charge is 2.13. The summed E-state index contributed by atoms with van der Waals surface area (Å²) in [5.41, 5.74) is 5.43. The van der Waals surface area contributed by atoms with Crippen LogP contribution in [0.5, 0.6) is 0 Å². The first-order valence-electron chi connectivity index (χ1n) is 4.48. The Morgan fingerprint density at radius 1 is 1.53 bits per heavy atom. The molecule has 0 fully saturated rings. The minimum absolute atomic E-state index is 0.108. The van der Waals surface area contributed by atoms with Crippen LogP contribution in [0.4, 0.5) is 0 Å². The Balaban J connectivity index is 3.69. The fourth-order valence-electron chi connectivity index (χ4n) is 0.859. The third-order valence-electron chi connectivity index (χ3n) is 1.69. The van der Waals surface area contributed by atoms with E-state index in [1.54, 1.807) is 0 Å². The van der Waals surface area contributed by atoms with Gasteiger partial charge >= 0.3 is 5.97 Å². The van der Waals surface area contributed by atoms with Gasteiger partial charge in [0.2, 0.25) is 5.91 Å². The Kier molecular flexibility index (Phi) is 6.89. The normalized spacial score (nSPS) is 14.3. The summed E-state index contributed by atoms with van der Waals surface area (Å²) in [7, 11) is -0.956. The molecule has 15 heavy (non-hydrogen) atoms. The van der Waals surface area contributed by atoms with E-state index >= 15 is 0 Å². The van der Waals surface area contributed by atoms with Crippen LogP contribution >= 0.6 is 0 Å². The average molecular weight is 236 g/mol. The zero-order valence-electron chi connectivity index (χ0n) is 8.56. The fraction of sp³-hybridized carbons (Fsp3) is 0.750. The third-order valence-corrected chi connectivity index (χ3v) is 2.47. The first-order valence-corrected chi connectivity index (χ1v) is 6.21. The highest BCUT2D eigenvalue weighted by molar-refractivity contribution is 7.84. The number of nitrogens with two attached hydrogens (primary N) is 1. The lowest BCUT2D eigenvalue weighted by molar-refractivity contribution is -0.137. The lowest BCUT2D eigenvalue weighted by Crippen LogP contribution is -2.42.